The second kappa shape index (κ2) is 6.51. The lowest BCUT2D eigenvalue weighted by Gasteiger charge is -2.15. The summed E-state index contributed by atoms with van der Waals surface area (Å²) in [6.45, 7) is 0.351. The van der Waals surface area contributed by atoms with Crippen molar-refractivity contribution in [2.24, 2.45) is 0 Å². The Hall–Kier alpha value is -2.50. The topological polar surface area (TPSA) is 63.9 Å². The summed E-state index contributed by atoms with van der Waals surface area (Å²) in [7, 11) is 1.75. The lowest BCUT2D eigenvalue weighted by atomic mass is 10.0. The van der Waals surface area contributed by atoms with Crippen LogP contribution >= 0.6 is 0 Å². The van der Waals surface area contributed by atoms with Gasteiger partial charge in [0.1, 0.15) is 0 Å². The molecule has 0 saturated carbocycles. The van der Waals surface area contributed by atoms with Crippen LogP contribution < -0.4 is 0 Å². The summed E-state index contributed by atoms with van der Waals surface area (Å²) in [5.41, 5.74) is 0.660. The Kier molecular flexibility index (Phi) is 4.27. The normalized spacial score (nSPS) is 17.4. The first kappa shape index (κ1) is 14.4. The first-order valence-corrected chi connectivity index (χ1v) is 7.49. The van der Waals surface area contributed by atoms with Gasteiger partial charge in [-0.15, -0.1) is 10.2 Å². The SMILES string of the molecule is CN(Cc1nnn(C2C=CCCC2)n1)C(=O)c1ccccc1. The van der Waals surface area contributed by atoms with Crippen molar-refractivity contribution in [1.29, 1.82) is 0 Å². The summed E-state index contributed by atoms with van der Waals surface area (Å²) in [6.07, 6.45) is 7.57. The number of benzene rings is 1. The molecule has 0 bridgehead atoms. The van der Waals surface area contributed by atoms with E-state index in [2.05, 4.69) is 27.6 Å². The number of allylic oxidation sites excluding steroid dienone is 2. The lowest BCUT2D eigenvalue weighted by Crippen LogP contribution is -2.26. The molecular formula is C16H19N5O. The Bertz CT molecular complexity index is 664. The maximum atomic E-state index is 12.3. The number of rotatable bonds is 4. The maximum absolute atomic E-state index is 12.3. The minimum atomic E-state index is -0.0467. The molecule has 114 valence electrons. The average Bonchev–Trinajstić information content (AvgIpc) is 3.04. The highest BCUT2D eigenvalue weighted by Crippen LogP contribution is 2.20. The van der Waals surface area contributed by atoms with Gasteiger partial charge in [0.25, 0.3) is 5.91 Å². The molecule has 1 atom stereocenters. The van der Waals surface area contributed by atoms with Gasteiger partial charge >= 0.3 is 0 Å². The van der Waals surface area contributed by atoms with Crippen LogP contribution in [0.1, 0.15) is 41.5 Å². The second-order valence-electron chi connectivity index (χ2n) is 5.48. The molecule has 1 unspecified atom stereocenters. The molecule has 6 heteroatoms. The molecule has 0 saturated heterocycles. The number of carbonyl (C=O) groups excluding carboxylic acids is 1. The van der Waals surface area contributed by atoms with E-state index in [9.17, 15) is 4.79 Å². The first-order valence-electron chi connectivity index (χ1n) is 7.49. The van der Waals surface area contributed by atoms with Crippen LogP contribution in [0.15, 0.2) is 42.5 Å². The molecule has 0 aliphatic heterocycles. The molecule has 1 amide bonds. The zero-order chi connectivity index (χ0) is 15.4. The van der Waals surface area contributed by atoms with Gasteiger partial charge in [0.2, 0.25) is 0 Å². The van der Waals surface area contributed by atoms with Gasteiger partial charge in [-0.1, -0.05) is 30.4 Å². The Morgan fingerprint density at radius 3 is 2.91 bits per heavy atom. The van der Waals surface area contributed by atoms with Crippen molar-refractivity contribution < 1.29 is 4.79 Å². The fourth-order valence-corrected chi connectivity index (χ4v) is 2.53. The van der Waals surface area contributed by atoms with Gasteiger partial charge in [-0.3, -0.25) is 4.79 Å². The van der Waals surface area contributed by atoms with E-state index < -0.39 is 0 Å². The van der Waals surface area contributed by atoms with Crippen molar-refractivity contribution in [3.63, 3.8) is 0 Å². The molecule has 1 aliphatic rings. The maximum Gasteiger partial charge on any atom is 0.254 e. The molecular weight excluding hydrogens is 278 g/mol. The van der Waals surface area contributed by atoms with Crippen molar-refractivity contribution >= 4 is 5.91 Å². The van der Waals surface area contributed by atoms with E-state index in [1.807, 2.05) is 18.2 Å². The zero-order valence-corrected chi connectivity index (χ0v) is 12.6. The summed E-state index contributed by atoms with van der Waals surface area (Å²) in [5.74, 6) is 0.514. The minimum absolute atomic E-state index is 0.0467. The van der Waals surface area contributed by atoms with Crippen LogP contribution in [0.4, 0.5) is 0 Å². The molecule has 0 radical (unpaired) electrons. The van der Waals surface area contributed by atoms with Crippen LogP contribution in [0.2, 0.25) is 0 Å². The van der Waals surface area contributed by atoms with Crippen LogP contribution in [0.5, 0.6) is 0 Å². The third kappa shape index (κ3) is 3.21. The molecule has 6 nitrogen and oxygen atoms in total. The molecule has 2 aromatic rings. The van der Waals surface area contributed by atoms with Crippen LogP contribution in [0.25, 0.3) is 0 Å². The molecule has 3 rings (SSSR count). The third-order valence-electron chi connectivity index (χ3n) is 3.74. The molecule has 1 aliphatic carbocycles. The number of nitrogens with zero attached hydrogens (tertiary/aromatic N) is 5. The lowest BCUT2D eigenvalue weighted by molar-refractivity contribution is 0.0781. The molecule has 1 aromatic heterocycles. The van der Waals surface area contributed by atoms with Gasteiger partial charge in [-0.2, -0.15) is 4.80 Å². The molecule has 1 aromatic carbocycles. The monoisotopic (exact) mass is 297 g/mol. The number of hydrogen-bond donors (Lipinski definition) is 0. The number of carbonyl (C=O) groups is 1. The number of aromatic nitrogens is 4. The van der Waals surface area contributed by atoms with Gasteiger partial charge in [0, 0.05) is 12.6 Å². The molecule has 1 heterocycles. The number of amides is 1. The zero-order valence-electron chi connectivity index (χ0n) is 12.6. The van der Waals surface area contributed by atoms with E-state index in [-0.39, 0.29) is 11.9 Å². The summed E-state index contributed by atoms with van der Waals surface area (Å²) in [4.78, 5) is 15.5. The van der Waals surface area contributed by atoms with Gasteiger partial charge in [-0.05, 0) is 36.6 Å². The second-order valence-corrected chi connectivity index (χ2v) is 5.48. The summed E-state index contributed by atoms with van der Waals surface area (Å²) in [6, 6.07) is 9.38. The van der Waals surface area contributed by atoms with Crippen LogP contribution in [-0.2, 0) is 6.54 Å². The highest BCUT2D eigenvalue weighted by Gasteiger charge is 2.17. The molecule has 22 heavy (non-hydrogen) atoms. The van der Waals surface area contributed by atoms with Gasteiger partial charge in [-0.25, -0.2) is 0 Å². The van der Waals surface area contributed by atoms with E-state index >= 15 is 0 Å². The fraction of sp³-hybridized carbons (Fsp3) is 0.375. The average molecular weight is 297 g/mol. The third-order valence-corrected chi connectivity index (χ3v) is 3.74. The van der Waals surface area contributed by atoms with Crippen molar-refractivity contribution in [3.05, 3.63) is 53.9 Å². The Balaban J connectivity index is 1.66. The van der Waals surface area contributed by atoms with E-state index in [1.165, 1.54) is 0 Å². The van der Waals surface area contributed by atoms with Crippen molar-refractivity contribution in [2.45, 2.75) is 31.8 Å². The van der Waals surface area contributed by atoms with Gasteiger partial charge in [0.05, 0.1) is 12.6 Å². The Morgan fingerprint density at radius 1 is 1.36 bits per heavy atom. The quantitative estimate of drug-likeness (QED) is 0.812. The number of tetrazole rings is 1. The summed E-state index contributed by atoms with van der Waals surface area (Å²) < 4.78 is 0. The Labute approximate surface area is 129 Å². The standard InChI is InChI=1S/C16H19N5O/c1-20(16(22)13-8-4-2-5-9-13)12-15-17-19-21(18-15)14-10-6-3-7-11-14/h2,4-6,8-10,14H,3,7,11-12H2,1H3. The van der Waals surface area contributed by atoms with Crippen molar-refractivity contribution in [2.75, 3.05) is 7.05 Å². The summed E-state index contributed by atoms with van der Waals surface area (Å²) >= 11 is 0. The first-order chi connectivity index (χ1) is 10.7. The molecule has 0 N–H and O–H groups in total. The minimum Gasteiger partial charge on any atom is -0.334 e. The fourth-order valence-electron chi connectivity index (χ4n) is 2.53. The van der Waals surface area contributed by atoms with E-state index in [0.717, 1.165) is 19.3 Å². The summed E-state index contributed by atoms with van der Waals surface area (Å²) in [5, 5.41) is 12.6. The van der Waals surface area contributed by atoms with Crippen LogP contribution in [-0.4, -0.2) is 38.1 Å². The smallest absolute Gasteiger partial charge is 0.254 e. The predicted octanol–water partition coefficient (Wildman–Crippen LogP) is 2.23. The molecule has 0 spiro atoms. The van der Waals surface area contributed by atoms with Crippen LogP contribution in [0, 0.1) is 0 Å². The van der Waals surface area contributed by atoms with Crippen molar-refractivity contribution in [1.82, 2.24) is 25.1 Å². The van der Waals surface area contributed by atoms with Gasteiger partial charge < -0.3 is 4.90 Å². The highest BCUT2D eigenvalue weighted by atomic mass is 16.2. The van der Waals surface area contributed by atoms with Crippen LogP contribution in [0.3, 0.4) is 0 Å². The Morgan fingerprint density at radius 2 is 2.18 bits per heavy atom. The highest BCUT2D eigenvalue weighted by molar-refractivity contribution is 5.93. The number of hydrogen-bond acceptors (Lipinski definition) is 4. The van der Waals surface area contributed by atoms with E-state index in [4.69, 9.17) is 0 Å². The largest absolute Gasteiger partial charge is 0.334 e. The van der Waals surface area contributed by atoms with Crippen molar-refractivity contribution in [3.8, 4) is 0 Å². The van der Waals surface area contributed by atoms with E-state index in [0.29, 0.717) is 17.9 Å². The predicted molar refractivity (Wildman–Crippen MR) is 82.1 cm³/mol. The van der Waals surface area contributed by atoms with Gasteiger partial charge in [0.15, 0.2) is 5.82 Å². The molecule has 0 fully saturated rings. The van der Waals surface area contributed by atoms with E-state index in [1.54, 1.807) is 28.9 Å².